The van der Waals surface area contributed by atoms with Gasteiger partial charge in [-0.1, -0.05) is 26.0 Å². The number of imidazole rings is 1. The molecule has 1 N–H and O–H groups in total. The lowest BCUT2D eigenvalue weighted by molar-refractivity contribution is -0.131. The molecule has 4 rings (SSSR count). The molecule has 2 aromatic heterocycles. The molecule has 148 valence electrons. The predicted octanol–water partition coefficient (Wildman–Crippen LogP) is 3.94. The Kier molecular flexibility index (Phi) is 4.96. The molecular formula is C22H29N5O. The number of carbonyl (C=O) groups excluding carboxylic acids is 1. The Morgan fingerprint density at radius 2 is 2.07 bits per heavy atom. The summed E-state index contributed by atoms with van der Waals surface area (Å²) in [4.78, 5) is 23.3. The van der Waals surface area contributed by atoms with Gasteiger partial charge in [0, 0.05) is 24.3 Å². The number of amides is 1. The van der Waals surface area contributed by atoms with Gasteiger partial charge in [-0.15, -0.1) is 0 Å². The number of aromatic amines is 1. The topological polar surface area (TPSA) is 66.8 Å². The number of hydrogen-bond acceptors (Lipinski definition) is 3. The summed E-state index contributed by atoms with van der Waals surface area (Å²) in [5.74, 6) is 1.59. The van der Waals surface area contributed by atoms with Gasteiger partial charge in [-0.3, -0.25) is 9.48 Å². The van der Waals surface area contributed by atoms with Crippen LogP contribution in [0.5, 0.6) is 0 Å². The molecule has 1 aromatic carbocycles. The molecule has 6 nitrogen and oxygen atoms in total. The third-order valence-electron chi connectivity index (χ3n) is 5.69. The Morgan fingerprint density at radius 3 is 2.82 bits per heavy atom. The maximum absolute atomic E-state index is 13.2. The molecule has 6 heteroatoms. The lowest BCUT2D eigenvalue weighted by atomic mass is 10.1. The van der Waals surface area contributed by atoms with Crippen LogP contribution in [-0.2, 0) is 17.8 Å². The number of para-hydroxylation sites is 2. The third kappa shape index (κ3) is 3.43. The standard InChI is InChI=1S/C22H29N5O/c1-14(2)13-27-16(4)17(15(3)25-27)12-21(28)26-11-7-10-20(26)22-23-18-8-5-6-9-19(18)24-22/h5-6,8-9,14,20H,7,10-13H2,1-4H3,(H,23,24)/t20-/m0/s1. The van der Waals surface area contributed by atoms with Gasteiger partial charge in [-0.05, 0) is 44.7 Å². The van der Waals surface area contributed by atoms with E-state index in [0.717, 1.165) is 59.7 Å². The summed E-state index contributed by atoms with van der Waals surface area (Å²) in [5, 5.41) is 4.66. The summed E-state index contributed by atoms with van der Waals surface area (Å²) in [5.41, 5.74) is 5.13. The normalized spacial score (nSPS) is 17.2. The van der Waals surface area contributed by atoms with Crippen molar-refractivity contribution in [1.29, 1.82) is 0 Å². The maximum Gasteiger partial charge on any atom is 0.227 e. The predicted molar refractivity (Wildman–Crippen MR) is 110 cm³/mol. The minimum absolute atomic E-state index is 0.0335. The smallest absolute Gasteiger partial charge is 0.227 e. The van der Waals surface area contributed by atoms with Gasteiger partial charge >= 0.3 is 0 Å². The van der Waals surface area contributed by atoms with Gasteiger partial charge in [-0.25, -0.2) is 4.98 Å². The number of nitrogens with zero attached hydrogens (tertiary/aromatic N) is 4. The molecule has 0 aliphatic carbocycles. The molecule has 0 unspecified atom stereocenters. The molecule has 0 spiro atoms. The van der Waals surface area contributed by atoms with E-state index in [2.05, 4.69) is 30.9 Å². The van der Waals surface area contributed by atoms with Crippen molar-refractivity contribution in [2.75, 3.05) is 6.54 Å². The molecule has 0 saturated carbocycles. The van der Waals surface area contributed by atoms with Gasteiger partial charge in [0.15, 0.2) is 0 Å². The molecule has 0 radical (unpaired) electrons. The molecule has 3 aromatic rings. The minimum atomic E-state index is 0.0335. The summed E-state index contributed by atoms with van der Waals surface area (Å²) >= 11 is 0. The van der Waals surface area contributed by atoms with Crippen molar-refractivity contribution in [2.24, 2.45) is 5.92 Å². The van der Waals surface area contributed by atoms with Gasteiger partial charge in [0.05, 0.1) is 29.2 Å². The number of aromatic nitrogens is 4. The zero-order valence-electron chi connectivity index (χ0n) is 17.2. The fraction of sp³-hybridized carbons (Fsp3) is 0.500. The number of rotatable bonds is 5. The number of nitrogens with one attached hydrogen (secondary N) is 1. The number of H-pyrrole nitrogens is 1. The molecule has 1 aliphatic heterocycles. The molecule has 1 amide bonds. The summed E-state index contributed by atoms with van der Waals surface area (Å²) in [6.07, 6.45) is 2.38. The van der Waals surface area contributed by atoms with Crippen LogP contribution in [0, 0.1) is 19.8 Å². The highest BCUT2D eigenvalue weighted by molar-refractivity contribution is 5.80. The molecule has 1 fully saturated rings. The van der Waals surface area contributed by atoms with Gasteiger partial charge in [0.2, 0.25) is 5.91 Å². The fourth-order valence-electron chi connectivity index (χ4n) is 4.25. The van der Waals surface area contributed by atoms with Crippen molar-refractivity contribution in [2.45, 2.75) is 59.5 Å². The highest BCUT2D eigenvalue weighted by Crippen LogP contribution is 2.32. The van der Waals surface area contributed by atoms with Crippen LogP contribution in [-0.4, -0.2) is 37.1 Å². The van der Waals surface area contributed by atoms with Crippen LogP contribution in [0.3, 0.4) is 0 Å². The number of fused-ring (bicyclic) bond motifs is 1. The summed E-state index contributed by atoms with van der Waals surface area (Å²) in [6, 6.07) is 8.06. The van der Waals surface area contributed by atoms with E-state index in [-0.39, 0.29) is 11.9 Å². The van der Waals surface area contributed by atoms with Crippen molar-refractivity contribution in [3.8, 4) is 0 Å². The minimum Gasteiger partial charge on any atom is -0.340 e. The van der Waals surface area contributed by atoms with E-state index < -0.39 is 0 Å². The Bertz CT molecular complexity index is 967. The van der Waals surface area contributed by atoms with E-state index in [1.54, 1.807) is 0 Å². The first-order chi connectivity index (χ1) is 13.4. The van der Waals surface area contributed by atoms with E-state index in [1.165, 1.54) is 0 Å². The van der Waals surface area contributed by atoms with Crippen LogP contribution in [0.25, 0.3) is 11.0 Å². The van der Waals surface area contributed by atoms with Gasteiger partial charge in [0.1, 0.15) is 5.82 Å². The summed E-state index contributed by atoms with van der Waals surface area (Å²) < 4.78 is 2.04. The molecule has 28 heavy (non-hydrogen) atoms. The number of carbonyl (C=O) groups is 1. The first kappa shape index (κ1) is 18.7. The second kappa shape index (κ2) is 7.41. The monoisotopic (exact) mass is 379 g/mol. The SMILES string of the molecule is Cc1nn(CC(C)C)c(C)c1CC(=O)N1CCC[C@H]1c1nc2ccccc2[nH]1. The molecule has 3 heterocycles. The second-order valence-corrected chi connectivity index (χ2v) is 8.29. The third-order valence-corrected chi connectivity index (χ3v) is 5.69. The number of hydrogen-bond donors (Lipinski definition) is 1. The van der Waals surface area contributed by atoms with E-state index in [0.29, 0.717) is 12.3 Å². The maximum atomic E-state index is 13.2. The molecular weight excluding hydrogens is 350 g/mol. The Hall–Kier alpha value is -2.63. The van der Waals surface area contributed by atoms with E-state index in [4.69, 9.17) is 4.98 Å². The average Bonchev–Trinajstić information content (AvgIpc) is 3.35. The van der Waals surface area contributed by atoms with Gasteiger partial charge in [0.25, 0.3) is 0 Å². The van der Waals surface area contributed by atoms with E-state index >= 15 is 0 Å². The van der Waals surface area contributed by atoms with E-state index in [9.17, 15) is 4.79 Å². The zero-order valence-corrected chi connectivity index (χ0v) is 17.2. The first-order valence-corrected chi connectivity index (χ1v) is 10.2. The summed E-state index contributed by atoms with van der Waals surface area (Å²) in [6.45, 7) is 10.1. The average molecular weight is 380 g/mol. The van der Waals surface area contributed by atoms with Crippen molar-refractivity contribution < 1.29 is 4.79 Å². The highest BCUT2D eigenvalue weighted by Gasteiger charge is 2.32. The van der Waals surface area contributed by atoms with Gasteiger partial charge in [-0.2, -0.15) is 5.10 Å². The van der Waals surface area contributed by atoms with Crippen molar-refractivity contribution in [1.82, 2.24) is 24.6 Å². The largest absolute Gasteiger partial charge is 0.340 e. The van der Waals surface area contributed by atoms with Crippen LogP contribution >= 0.6 is 0 Å². The Morgan fingerprint density at radius 1 is 1.29 bits per heavy atom. The number of likely N-dealkylation sites (tertiary alicyclic amines) is 1. The van der Waals surface area contributed by atoms with Crippen LogP contribution in [0.15, 0.2) is 24.3 Å². The van der Waals surface area contributed by atoms with Crippen LogP contribution in [0.2, 0.25) is 0 Å². The van der Waals surface area contributed by atoms with E-state index in [1.807, 2.05) is 40.8 Å². The molecule has 1 saturated heterocycles. The van der Waals surface area contributed by atoms with Crippen molar-refractivity contribution >= 4 is 16.9 Å². The first-order valence-electron chi connectivity index (χ1n) is 10.2. The quantitative estimate of drug-likeness (QED) is 0.730. The van der Waals surface area contributed by atoms with Crippen molar-refractivity contribution in [3.05, 3.63) is 47.0 Å². The Labute approximate surface area is 166 Å². The van der Waals surface area contributed by atoms with Gasteiger partial charge < -0.3 is 9.88 Å². The number of aryl methyl sites for hydroxylation is 1. The summed E-state index contributed by atoms with van der Waals surface area (Å²) in [7, 11) is 0. The van der Waals surface area contributed by atoms with Crippen LogP contribution in [0.1, 0.15) is 55.5 Å². The second-order valence-electron chi connectivity index (χ2n) is 8.29. The number of benzene rings is 1. The molecule has 1 atom stereocenters. The molecule has 0 bridgehead atoms. The highest BCUT2D eigenvalue weighted by atomic mass is 16.2. The zero-order chi connectivity index (χ0) is 19.8. The lowest BCUT2D eigenvalue weighted by Crippen LogP contribution is -2.32. The van der Waals surface area contributed by atoms with Crippen LogP contribution < -0.4 is 0 Å². The lowest BCUT2D eigenvalue weighted by Gasteiger charge is -2.23. The fourth-order valence-corrected chi connectivity index (χ4v) is 4.25. The Balaban J connectivity index is 1.55. The van der Waals surface area contributed by atoms with Crippen molar-refractivity contribution in [3.63, 3.8) is 0 Å². The van der Waals surface area contributed by atoms with Crippen LogP contribution in [0.4, 0.5) is 0 Å². The molecule has 1 aliphatic rings.